The quantitative estimate of drug-likeness (QED) is 0.146. The highest BCUT2D eigenvalue weighted by molar-refractivity contribution is 7.86. The number of halogens is 3. The molecule has 3 saturated heterocycles. The second-order valence-corrected chi connectivity index (χ2v) is 17.3. The van der Waals surface area contributed by atoms with E-state index in [-0.39, 0.29) is 53.8 Å². The molecule has 3 aliphatic heterocycles. The van der Waals surface area contributed by atoms with Gasteiger partial charge in [0.2, 0.25) is 0 Å². The van der Waals surface area contributed by atoms with Gasteiger partial charge in [0.05, 0.1) is 23.5 Å². The van der Waals surface area contributed by atoms with Crippen LogP contribution in [0.5, 0.6) is 11.8 Å². The van der Waals surface area contributed by atoms with Gasteiger partial charge >= 0.3 is 22.3 Å². The molecule has 1 amide bonds. The third-order valence-corrected chi connectivity index (χ3v) is 11.8. The Bertz CT molecular complexity index is 2430. The number of likely N-dealkylation sites (tertiary alicyclic amines) is 1. The van der Waals surface area contributed by atoms with E-state index in [0.717, 1.165) is 30.4 Å². The van der Waals surface area contributed by atoms with Crippen LogP contribution in [0, 0.1) is 5.82 Å². The molecule has 0 spiro atoms. The molecule has 8 rings (SSSR count). The Morgan fingerprint density at radius 2 is 1.71 bits per heavy atom. The number of pyridine rings is 1. The highest BCUT2D eigenvalue weighted by Crippen LogP contribution is 2.40. The lowest BCUT2D eigenvalue weighted by atomic mass is 10.0. The van der Waals surface area contributed by atoms with Crippen molar-refractivity contribution >= 4 is 55.4 Å². The molecule has 5 aromatic rings. The van der Waals surface area contributed by atoms with Crippen LogP contribution >= 0.6 is 11.6 Å². The molecule has 0 saturated carbocycles. The Labute approximate surface area is 328 Å². The molecule has 294 valence electrons. The number of carbonyl (C=O) groups is 1. The summed E-state index contributed by atoms with van der Waals surface area (Å²) in [6.07, 6.45) is 2.91. The Hall–Kier alpha value is -4.86. The summed E-state index contributed by atoms with van der Waals surface area (Å²) < 4.78 is 72.1. The number of nitrogens with zero attached hydrogens (tertiary/aromatic N) is 6. The summed E-state index contributed by atoms with van der Waals surface area (Å²) in [5, 5.41) is 2.34. The van der Waals surface area contributed by atoms with Crippen molar-refractivity contribution in [3.05, 3.63) is 77.7 Å². The van der Waals surface area contributed by atoms with Crippen molar-refractivity contribution in [2.24, 2.45) is 0 Å². The van der Waals surface area contributed by atoms with Crippen molar-refractivity contribution in [3.63, 3.8) is 0 Å². The van der Waals surface area contributed by atoms with Crippen LogP contribution in [-0.4, -0.2) is 102 Å². The highest BCUT2D eigenvalue weighted by atomic mass is 35.5. The van der Waals surface area contributed by atoms with E-state index in [1.165, 1.54) is 6.07 Å². The fourth-order valence-electron chi connectivity index (χ4n) is 8.08. The molecule has 5 heterocycles. The van der Waals surface area contributed by atoms with Crippen molar-refractivity contribution in [3.8, 4) is 23.0 Å². The van der Waals surface area contributed by atoms with Crippen LogP contribution in [0.1, 0.15) is 40.0 Å². The normalized spacial score (nSPS) is 21.6. The van der Waals surface area contributed by atoms with Crippen LogP contribution in [0.15, 0.2) is 71.8 Å². The van der Waals surface area contributed by atoms with E-state index in [9.17, 15) is 17.1 Å². The lowest BCUT2D eigenvalue weighted by Crippen LogP contribution is -2.57. The fourth-order valence-corrected chi connectivity index (χ4v) is 8.86. The van der Waals surface area contributed by atoms with Gasteiger partial charge in [-0.15, -0.1) is 3.89 Å². The SMILES string of the molecule is CN1CC[C@H](Oc2cccc(S(=O)(=O)F)c2)[C@H]1COc1nc(N2C[C@H]3CC[C@@H](C2)N3C(=O)OC(C)(C)C)c2cnc(-c3cccc4cccc(Cl)c34)c(F)c2n1. The van der Waals surface area contributed by atoms with Crippen molar-refractivity contribution in [2.75, 3.05) is 38.2 Å². The van der Waals surface area contributed by atoms with Crippen LogP contribution in [0.4, 0.5) is 18.9 Å². The van der Waals surface area contributed by atoms with Crippen LogP contribution in [0.25, 0.3) is 32.9 Å². The molecule has 4 atom stereocenters. The van der Waals surface area contributed by atoms with Gasteiger partial charge in [-0.1, -0.05) is 48.0 Å². The highest BCUT2D eigenvalue weighted by Gasteiger charge is 2.45. The van der Waals surface area contributed by atoms with Gasteiger partial charge in [-0.2, -0.15) is 18.4 Å². The fraction of sp³-hybridized carbons (Fsp3) is 0.400. The maximum Gasteiger partial charge on any atom is 0.410 e. The van der Waals surface area contributed by atoms with Crippen molar-refractivity contribution in [1.82, 2.24) is 24.8 Å². The number of aromatic nitrogens is 3. The third-order valence-electron chi connectivity index (χ3n) is 10.7. The number of hydrogen-bond donors (Lipinski definition) is 0. The average Bonchev–Trinajstić information content (AvgIpc) is 3.63. The minimum atomic E-state index is -4.92. The first kappa shape index (κ1) is 38.0. The van der Waals surface area contributed by atoms with Gasteiger partial charge in [-0.25, -0.2) is 9.18 Å². The molecule has 56 heavy (non-hydrogen) atoms. The molecule has 3 aromatic carbocycles. The van der Waals surface area contributed by atoms with E-state index in [4.69, 9.17) is 30.8 Å². The maximum absolute atomic E-state index is 17.0. The molecular weight excluding hydrogens is 766 g/mol. The second-order valence-electron chi connectivity index (χ2n) is 15.6. The van der Waals surface area contributed by atoms with Crippen LogP contribution in [-0.2, 0) is 15.0 Å². The topological polar surface area (TPSA) is 127 Å². The number of carbonyl (C=O) groups excluding carboxylic acids is 1. The summed E-state index contributed by atoms with van der Waals surface area (Å²) in [5.74, 6) is -0.0359. The van der Waals surface area contributed by atoms with E-state index in [1.54, 1.807) is 24.4 Å². The second kappa shape index (κ2) is 14.6. The van der Waals surface area contributed by atoms with Crippen LogP contribution < -0.4 is 14.4 Å². The molecular formula is C40H41ClF2N6O6S. The molecule has 0 radical (unpaired) electrons. The van der Waals surface area contributed by atoms with Gasteiger partial charge < -0.3 is 19.1 Å². The number of likely N-dealkylation sites (N-methyl/N-ethyl adjacent to an activating group) is 1. The minimum Gasteiger partial charge on any atom is -0.489 e. The molecule has 3 aliphatic rings. The zero-order chi connectivity index (χ0) is 39.5. The van der Waals surface area contributed by atoms with Gasteiger partial charge in [-0.3, -0.25) is 14.8 Å². The molecule has 0 aliphatic carbocycles. The van der Waals surface area contributed by atoms with Crippen molar-refractivity contribution < 1.29 is 35.7 Å². The van der Waals surface area contributed by atoms with Gasteiger partial charge in [-0.05, 0) is 70.7 Å². The minimum absolute atomic E-state index is 0.0119. The Morgan fingerprint density at radius 1 is 1.00 bits per heavy atom. The standard InChI is InChI=1S/C40H41ClF2N6O6S/c1-40(2,3)55-39(50)49-24-14-15-25(49)21-48(20-24)37-29-19-44-35(28-12-5-8-23-9-6-13-30(41)33(23)28)34(42)36(29)45-38(46-37)53-22-31-32(16-17-47(31)4)54-26-10-7-11-27(18-26)56(43,51)52/h5-13,18-19,24-25,31-32H,14-17,20-22H2,1-4H3/t24-,25+,31-,32+/m1/s1. The molecule has 3 fully saturated rings. The zero-order valence-corrected chi connectivity index (χ0v) is 32.9. The lowest BCUT2D eigenvalue weighted by Gasteiger charge is -2.42. The van der Waals surface area contributed by atoms with Gasteiger partial charge in [0.15, 0.2) is 5.82 Å². The summed E-state index contributed by atoms with van der Waals surface area (Å²) >= 11 is 6.65. The van der Waals surface area contributed by atoms with E-state index >= 15 is 4.39 Å². The number of hydrogen-bond acceptors (Lipinski definition) is 11. The van der Waals surface area contributed by atoms with E-state index in [2.05, 4.69) is 9.97 Å². The number of ether oxygens (including phenoxy) is 3. The molecule has 12 nitrogen and oxygen atoms in total. The molecule has 0 N–H and O–H groups in total. The van der Waals surface area contributed by atoms with Crippen LogP contribution in [0.2, 0.25) is 5.02 Å². The summed E-state index contributed by atoms with van der Waals surface area (Å²) in [5.41, 5.74) is -0.0497. The largest absolute Gasteiger partial charge is 0.489 e. The van der Waals surface area contributed by atoms with E-state index in [0.29, 0.717) is 53.2 Å². The molecule has 16 heteroatoms. The number of benzene rings is 3. The molecule has 0 unspecified atom stereocenters. The monoisotopic (exact) mass is 806 g/mol. The number of fused-ring (bicyclic) bond motifs is 4. The molecule has 2 aromatic heterocycles. The van der Waals surface area contributed by atoms with Gasteiger partial charge in [0, 0.05) is 47.9 Å². The number of rotatable bonds is 8. The summed E-state index contributed by atoms with van der Waals surface area (Å²) in [6, 6.07) is 15.6. The zero-order valence-electron chi connectivity index (χ0n) is 31.3. The predicted molar refractivity (Wildman–Crippen MR) is 208 cm³/mol. The first-order chi connectivity index (χ1) is 26.6. The summed E-state index contributed by atoms with van der Waals surface area (Å²) in [6.45, 7) is 7.07. The Kier molecular flexibility index (Phi) is 9.90. The van der Waals surface area contributed by atoms with Gasteiger partial charge in [0.1, 0.15) is 46.0 Å². The Morgan fingerprint density at radius 3 is 2.43 bits per heavy atom. The Balaban J connectivity index is 1.15. The van der Waals surface area contributed by atoms with Crippen LogP contribution in [0.3, 0.4) is 0 Å². The van der Waals surface area contributed by atoms with E-state index in [1.807, 2.05) is 66.8 Å². The molecule has 2 bridgehead atoms. The maximum atomic E-state index is 17.0. The predicted octanol–water partition coefficient (Wildman–Crippen LogP) is 7.41. The number of anilines is 1. The summed E-state index contributed by atoms with van der Waals surface area (Å²) in [7, 11) is -3.02. The summed E-state index contributed by atoms with van der Waals surface area (Å²) in [4.78, 5) is 32.8. The van der Waals surface area contributed by atoms with Crippen molar-refractivity contribution in [2.45, 2.75) is 74.8 Å². The number of piperazine rings is 1. The number of amides is 1. The van der Waals surface area contributed by atoms with E-state index < -0.39 is 32.6 Å². The lowest BCUT2D eigenvalue weighted by molar-refractivity contribution is 0.0122. The first-order valence-electron chi connectivity index (χ1n) is 18.5. The average molecular weight is 807 g/mol. The van der Waals surface area contributed by atoms with Crippen molar-refractivity contribution in [1.29, 1.82) is 0 Å². The van der Waals surface area contributed by atoms with Gasteiger partial charge in [0.25, 0.3) is 0 Å². The smallest absolute Gasteiger partial charge is 0.410 e. The third kappa shape index (κ3) is 7.39. The first-order valence-corrected chi connectivity index (χ1v) is 20.3.